The molecule has 0 radical (unpaired) electrons. The van der Waals surface area contributed by atoms with Gasteiger partial charge in [0.25, 0.3) is 0 Å². The number of carbonyl (C=O) groups excluding carboxylic acids is 1. The third kappa shape index (κ3) is 3.75. The molecule has 0 amide bonds. The predicted octanol–water partition coefficient (Wildman–Crippen LogP) is 3.15. The standard InChI is InChI=1S/C19H20O5/c1-19(2)23-12-15(24-19)11-22-14-8-9-16(17(20)10-14)18(21)13-6-4-3-5-7-13/h3-10,15,20H,11-12H2,1-2H3. The van der Waals surface area contributed by atoms with E-state index in [1.807, 2.05) is 19.9 Å². The maximum Gasteiger partial charge on any atom is 0.196 e. The molecule has 0 aliphatic carbocycles. The number of phenolic OH excluding ortho intramolecular Hbond substituents is 1. The zero-order valence-corrected chi connectivity index (χ0v) is 13.7. The number of hydrogen-bond donors (Lipinski definition) is 1. The Hall–Kier alpha value is -2.37. The highest BCUT2D eigenvalue weighted by atomic mass is 16.7. The molecule has 1 N–H and O–H groups in total. The molecule has 24 heavy (non-hydrogen) atoms. The second-order valence-corrected chi connectivity index (χ2v) is 6.14. The smallest absolute Gasteiger partial charge is 0.196 e. The van der Waals surface area contributed by atoms with Crippen LogP contribution in [0.4, 0.5) is 0 Å². The minimum atomic E-state index is -0.595. The van der Waals surface area contributed by atoms with Crippen molar-refractivity contribution < 1.29 is 24.1 Å². The van der Waals surface area contributed by atoms with Crippen molar-refractivity contribution in [3.8, 4) is 11.5 Å². The Balaban J connectivity index is 1.66. The number of ketones is 1. The van der Waals surface area contributed by atoms with Crippen LogP contribution in [-0.4, -0.2) is 36.0 Å². The highest BCUT2D eigenvalue weighted by Crippen LogP contribution is 2.27. The summed E-state index contributed by atoms with van der Waals surface area (Å²) in [5.74, 6) is -0.452. The van der Waals surface area contributed by atoms with Crippen LogP contribution in [0.15, 0.2) is 48.5 Å². The van der Waals surface area contributed by atoms with Gasteiger partial charge in [-0.3, -0.25) is 4.79 Å². The van der Waals surface area contributed by atoms with Crippen molar-refractivity contribution >= 4 is 5.78 Å². The number of benzene rings is 2. The Kier molecular flexibility index (Phi) is 4.55. The molecule has 1 aliphatic rings. The van der Waals surface area contributed by atoms with E-state index >= 15 is 0 Å². The lowest BCUT2D eigenvalue weighted by Gasteiger charge is -2.17. The summed E-state index contributed by atoms with van der Waals surface area (Å²) in [7, 11) is 0. The van der Waals surface area contributed by atoms with Gasteiger partial charge in [0.2, 0.25) is 0 Å². The molecule has 2 aromatic carbocycles. The normalized spacial score (nSPS) is 19.2. The number of ether oxygens (including phenoxy) is 3. The molecule has 1 aliphatic heterocycles. The Labute approximate surface area is 140 Å². The fourth-order valence-corrected chi connectivity index (χ4v) is 2.57. The first kappa shape index (κ1) is 16.5. The van der Waals surface area contributed by atoms with E-state index in [2.05, 4.69) is 0 Å². The van der Waals surface area contributed by atoms with E-state index in [0.29, 0.717) is 24.5 Å². The van der Waals surface area contributed by atoms with Crippen molar-refractivity contribution in [3.05, 3.63) is 59.7 Å². The minimum absolute atomic E-state index is 0.106. The van der Waals surface area contributed by atoms with Crippen LogP contribution in [0, 0.1) is 0 Å². The van der Waals surface area contributed by atoms with Crippen LogP contribution >= 0.6 is 0 Å². The Bertz CT molecular complexity index is 724. The maximum absolute atomic E-state index is 12.4. The van der Waals surface area contributed by atoms with Gasteiger partial charge in [-0.15, -0.1) is 0 Å². The summed E-state index contributed by atoms with van der Waals surface area (Å²) in [6.07, 6.45) is -0.159. The molecule has 0 aromatic heterocycles. The molecule has 1 heterocycles. The molecule has 5 heteroatoms. The van der Waals surface area contributed by atoms with Gasteiger partial charge in [-0.2, -0.15) is 0 Å². The van der Waals surface area contributed by atoms with E-state index < -0.39 is 5.79 Å². The minimum Gasteiger partial charge on any atom is -0.507 e. The molecule has 1 unspecified atom stereocenters. The molecular weight excluding hydrogens is 308 g/mol. The SMILES string of the molecule is CC1(C)OCC(COc2ccc(C(=O)c3ccccc3)c(O)c2)O1. The zero-order chi connectivity index (χ0) is 17.2. The topological polar surface area (TPSA) is 65.0 Å². The van der Waals surface area contributed by atoms with Crippen molar-refractivity contribution in [1.82, 2.24) is 0 Å². The van der Waals surface area contributed by atoms with Crippen LogP contribution < -0.4 is 4.74 Å². The van der Waals surface area contributed by atoms with Crippen LogP contribution in [0.3, 0.4) is 0 Å². The number of phenols is 1. The first-order chi connectivity index (χ1) is 11.4. The lowest BCUT2D eigenvalue weighted by molar-refractivity contribution is -0.141. The second kappa shape index (κ2) is 6.63. The van der Waals surface area contributed by atoms with Gasteiger partial charge in [0, 0.05) is 11.6 Å². The molecule has 1 atom stereocenters. The fraction of sp³-hybridized carbons (Fsp3) is 0.316. The molecule has 2 aromatic rings. The van der Waals surface area contributed by atoms with Gasteiger partial charge in [0.05, 0.1) is 12.2 Å². The van der Waals surface area contributed by atoms with Gasteiger partial charge in [-0.25, -0.2) is 0 Å². The highest BCUT2D eigenvalue weighted by molar-refractivity contribution is 6.10. The van der Waals surface area contributed by atoms with Gasteiger partial charge in [-0.05, 0) is 26.0 Å². The van der Waals surface area contributed by atoms with Crippen molar-refractivity contribution in [2.24, 2.45) is 0 Å². The van der Waals surface area contributed by atoms with E-state index in [-0.39, 0.29) is 23.2 Å². The maximum atomic E-state index is 12.4. The molecule has 1 fully saturated rings. The van der Waals surface area contributed by atoms with Crippen molar-refractivity contribution in [2.75, 3.05) is 13.2 Å². The van der Waals surface area contributed by atoms with Crippen LogP contribution in [-0.2, 0) is 9.47 Å². The number of hydrogen-bond acceptors (Lipinski definition) is 5. The van der Waals surface area contributed by atoms with Crippen molar-refractivity contribution in [1.29, 1.82) is 0 Å². The van der Waals surface area contributed by atoms with Gasteiger partial charge in [0.15, 0.2) is 11.6 Å². The second-order valence-electron chi connectivity index (χ2n) is 6.14. The molecule has 0 spiro atoms. The third-order valence-corrected chi connectivity index (χ3v) is 3.75. The highest BCUT2D eigenvalue weighted by Gasteiger charge is 2.33. The van der Waals surface area contributed by atoms with E-state index in [1.165, 1.54) is 6.07 Å². The summed E-state index contributed by atoms with van der Waals surface area (Å²) in [6, 6.07) is 13.5. The zero-order valence-electron chi connectivity index (χ0n) is 13.7. The first-order valence-corrected chi connectivity index (χ1v) is 7.82. The van der Waals surface area contributed by atoms with E-state index in [4.69, 9.17) is 14.2 Å². The van der Waals surface area contributed by atoms with Crippen molar-refractivity contribution in [3.63, 3.8) is 0 Å². The summed E-state index contributed by atoms with van der Waals surface area (Å²) < 4.78 is 16.8. The van der Waals surface area contributed by atoms with Gasteiger partial charge in [-0.1, -0.05) is 30.3 Å². The van der Waals surface area contributed by atoms with Crippen LogP contribution in [0.1, 0.15) is 29.8 Å². The molecule has 5 nitrogen and oxygen atoms in total. The average Bonchev–Trinajstić information content (AvgIpc) is 2.92. The van der Waals surface area contributed by atoms with Gasteiger partial charge in [0.1, 0.15) is 24.2 Å². The summed E-state index contributed by atoms with van der Waals surface area (Å²) in [6.45, 7) is 4.48. The predicted molar refractivity (Wildman–Crippen MR) is 88.4 cm³/mol. The summed E-state index contributed by atoms with van der Waals surface area (Å²) >= 11 is 0. The summed E-state index contributed by atoms with van der Waals surface area (Å²) in [4.78, 5) is 12.4. The first-order valence-electron chi connectivity index (χ1n) is 7.82. The largest absolute Gasteiger partial charge is 0.507 e. The quantitative estimate of drug-likeness (QED) is 0.854. The van der Waals surface area contributed by atoms with E-state index in [0.717, 1.165) is 0 Å². The fourth-order valence-electron chi connectivity index (χ4n) is 2.57. The van der Waals surface area contributed by atoms with Gasteiger partial charge < -0.3 is 19.3 Å². The molecular formula is C19H20O5. The lowest BCUT2D eigenvalue weighted by Crippen LogP contribution is -2.25. The monoisotopic (exact) mass is 328 g/mol. The van der Waals surface area contributed by atoms with E-state index in [9.17, 15) is 9.90 Å². The third-order valence-electron chi connectivity index (χ3n) is 3.75. The molecule has 0 bridgehead atoms. The molecule has 1 saturated heterocycles. The Morgan fingerprint density at radius 2 is 2.00 bits per heavy atom. The van der Waals surface area contributed by atoms with Crippen LogP contribution in [0.5, 0.6) is 11.5 Å². The van der Waals surface area contributed by atoms with Gasteiger partial charge >= 0.3 is 0 Å². The van der Waals surface area contributed by atoms with Crippen LogP contribution in [0.25, 0.3) is 0 Å². The average molecular weight is 328 g/mol. The lowest BCUT2D eigenvalue weighted by atomic mass is 10.0. The van der Waals surface area contributed by atoms with E-state index in [1.54, 1.807) is 36.4 Å². The van der Waals surface area contributed by atoms with Crippen molar-refractivity contribution in [2.45, 2.75) is 25.7 Å². The molecule has 126 valence electrons. The van der Waals surface area contributed by atoms with Crippen LogP contribution in [0.2, 0.25) is 0 Å². The number of aromatic hydroxyl groups is 1. The number of carbonyl (C=O) groups is 1. The Morgan fingerprint density at radius 1 is 1.25 bits per heavy atom. The Morgan fingerprint density at radius 3 is 2.62 bits per heavy atom. The molecule has 3 rings (SSSR count). The molecule has 0 saturated carbocycles. The summed E-state index contributed by atoms with van der Waals surface area (Å²) in [5.41, 5.74) is 0.773. The number of rotatable bonds is 5. The summed E-state index contributed by atoms with van der Waals surface area (Å²) in [5, 5.41) is 10.1.